The van der Waals surface area contributed by atoms with Crippen molar-refractivity contribution in [3.63, 3.8) is 0 Å². The predicted octanol–water partition coefficient (Wildman–Crippen LogP) is 3.28. The number of nitrogens with zero attached hydrogens (tertiary/aromatic N) is 4. The summed E-state index contributed by atoms with van der Waals surface area (Å²) in [5.41, 5.74) is 2.20. The van der Waals surface area contributed by atoms with Crippen LogP contribution in [0.5, 0.6) is 5.75 Å². The van der Waals surface area contributed by atoms with Gasteiger partial charge in [0.25, 0.3) is 0 Å². The maximum atomic E-state index is 12.7. The molecule has 1 N–H and O–H groups in total. The number of fused-ring (bicyclic) bond motifs is 1. The largest absolute Gasteiger partial charge is 0.497 e. The lowest BCUT2D eigenvalue weighted by Gasteiger charge is -2.05. The molecule has 0 aliphatic carbocycles. The highest BCUT2D eigenvalue weighted by Crippen LogP contribution is 2.22. The van der Waals surface area contributed by atoms with Gasteiger partial charge in [-0.2, -0.15) is 0 Å². The number of carbonyl (C=O) groups excluding carboxylic acids is 1. The lowest BCUT2D eigenvalue weighted by molar-refractivity contribution is -0.117. The van der Waals surface area contributed by atoms with Gasteiger partial charge in [0.15, 0.2) is 5.65 Å². The molecule has 0 unspecified atom stereocenters. The van der Waals surface area contributed by atoms with Crippen LogP contribution in [0, 0.1) is 6.92 Å². The Morgan fingerprint density at radius 2 is 1.83 bits per heavy atom. The first kappa shape index (κ1) is 19.8. The summed E-state index contributed by atoms with van der Waals surface area (Å²) in [6, 6.07) is 16.4. The Kier molecular flexibility index (Phi) is 5.37. The van der Waals surface area contributed by atoms with Crippen LogP contribution in [0.2, 0.25) is 0 Å². The number of hydrogen-bond donors (Lipinski definition) is 1. The van der Waals surface area contributed by atoms with Crippen molar-refractivity contribution in [1.29, 1.82) is 0 Å². The third-order valence-electron chi connectivity index (χ3n) is 4.54. The second-order valence-electron chi connectivity index (χ2n) is 6.61. The van der Waals surface area contributed by atoms with E-state index in [0.717, 1.165) is 20.5 Å². The standard InChI is InChI=1S/C21H18BrN5O3/c1-13-23-18(14-3-9-17(30-2)10-4-14)11-19-25-26(21(29)27(13)19)12-20(28)24-16-7-5-15(22)6-8-16/h3-11H,12H2,1-2H3,(H,24,28). The van der Waals surface area contributed by atoms with Crippen molar-refractivity contribution in [3.8, 4) is 17.0 Å². The van der Waals surface area contributed by atoms with E-state index in [-0.39, 0.29) is 12.5 Å². The van der Waals surface area contributed by atoms with Crippen molar-refractivity contribution in [2.45, 2.75) is 13.5 Å². The molecule has 30 heavy (non-hydrogen) atoms. The number of carbonyl (C=O) groups is 1. The van der Waals surface area contributed by atoms with Crippen molar-refractivity contribution in [3.05, 3.63) is 75.4 Å². The van der Waals surface area contributed by atoms with Crippen LogP contribution in [0.3, 0.4) is 0 Å². The second kappa shape index (κ2) is 8.11. The monoisotopic (exact) mass is 467 g/mol. The summed E-state index contributed by atoms with van der Waals surface area (Å²) in [5, 5.41) is 7.08. The summed E-state index contributed by atoms with van der Waals surface area (Å²) >= 11 is 3.35. The van der Waals surface area contributed by atoms with Crippen LogP contribution in [0.1, 0.15) is 5.82 Å². The third kappa shape index (κ3) is 3.97. The van der Waals surface area contributed by atoms with Crippen molar-refractivity contribution < 1.29 is 9.53 Å². The summed E-state index contributed by atoms with van der Waals surface area (Å²) < 4.78 is 8.62. The van der Waals surface area contributed by atoms with Gasteiger partial charge in [0.1, 0.15) is 18.1 Å². The molecule has 2 aromatic heterocycles. The molecule has 1 amide bonds. The van der Waals surface area contributed by atoms with Gasteiger partial charge >= 0.3 is 5.69 Å². The number of halogens is 1. The summed E-state index contributed by atoms with van der Waals surface area (Å²) in [6.45, 7) is 1.53. The Hall–Kier alpha value is -3.46. The lowest BCUT2D eigenvalue weighted by Crippen LogP contribution is -2.28. The Balaban J connectivity index is 1.62. The molecule has 8 nitrogen and oxygen atoms in total. The average Bonchev–Trinajstić information content (AvgIpc) is 3.05. The summed E-state index contributed by atoms with van der Waals surface area (Å²) in [5.74, 6) is 0.889. The van der Waals surface area contributed by atoms with Gasteiger partial charge in [0.05, 0.1) is 12.8 Å². The zero-order chi connectivity index (χ0) is 21.3. The van der Waals surface area contributed by atoms with E-state index in [2.05, 4.69) is 31.3 Å². The molecule has 0 atom stereocenters. The molecular weight excluding hydrogens is 450 g/mol. The number of anilines is 1. The number of hydrogen-bond acceptors (Lipinski definition) is 5. The predicted molar refractivity (Wildman–Crippen MR) is 117 cm³/mol. The molecule has 9 heteroatoms. The highest BCUT2D eigenvalue weighted by Gasteiger charge is 2.15. The van der Waals surface area contributed by atoms with E-state index in [1.54, 1.807) is 32.2 Å². The number of ether oxygens (including phenoxy) is 1. The van der Waals surface area contributed by atoms with Gasteiger partial charge in [-0.1, -0.05) is 15.9 Å². The van der Waals surface area contributed by atoms with Gasteiger partial charge in [-0.25, -0.2) is 18.9 Å². The second-order valence-corrected chi connectivity index (χ2v) is 7.52. The molecule has 0 aliphatic rings. The molecule has 0 radical (unpaired) electrons. The summed E-state index contributed by atoms with van der Waals surface area (Å²) in [6.07, 6.45) is 0. The van der Waals surface area contributed by atoms with E-state index in [4.69, 9.17) is 4.74 Å². The van der Waals surface area contributed by atoms with Crippen LogP contribution in [-0.4, -0.2) is 32.2 Å². The van der Waals surface area contributed by atoms with E-state index >= 15 is 0 Å². The number of aromatic nitrogens is 4. The van der Waals surface area contributed by atoms with Crippen LogP contribution in [0.25, 0.3) is 16.9 Å². The molecule has 2 aromatic carbocycles. The van der Waals surface area contributed by atoms with E-state index in [1.807, 2.05) is 36.4 Å². The van der Waals surface area contributed by atoms with Crippen molar-refractivity contribution in [2.24, 2.45) is 0 Å². The van der Waals surface area contributed by atoms with Crippen molar-refractivity contribution in [1.82, 2.24) is 19.2 Å². The molecule has 4 aromatic rings. The van der Waals surface area contributed by atoms with E-state index in [1.165, 1.54) is 4.40 Å². The maximum absolute atomic E-state index is 12.7. The highest BCUT2D eigenvalue weighted by atomic mass is 79.9. The molecule has 2 heterocycles. The number of aryl methyl sites for hydroxylation is 1. The van der Waals surface area contributed by atoms with E-state index in [0.29, 0.717) is 22.9 Å². The molecule has 0 fully saturated rings. The Morgan fingerprint density at radius 1 is 1.13 bits per heavy atom. The fraction of sp³-hybridized carbons (Fsp3) is 0.143. The molecule has 4 rings (SSSR count). The highest BCUT2D eigenvalue weighted by molar-refractivity contribution is 9.10. The molecule has 0 saturated carbocycles. The van der Waals surface area contributed by atoms with Crippen molar-refractivity contribution >= 4 is 33.2 Å². The molecular formula is C21H18BrN5O3. The van der Waals surface area contributed by atoms with Crippen molar-refractivity contribution in [2.75, 3.05) is 12.4 Å². The van der Waals surface area contributed by atoms with Crippen LogP contribution in [0.4, 0.5) is 5.69 Å². The number of nitrogens with one attached hydrogen (secondary N) is 1. The fourth-order valence-electron chi connectivity index (χ4n) is 3.08. The Morgan fingerprint density at radius 3 is 2.50 bits per heavy atom. The van der Waals surface area contributed by atoms with Gasteiger partial charge in [0.2, 0.25) is 5.91 Å². The third-order valence-corrected chi connectivity index (χ3v) is 5.07. The zero-order valence-electron chi connectivity index (χ0n) is 16.3. The minimum atomic E-state index is -0.415. The fourth-order valence-corrected chi connectivity index (χ4v) is 3.35. The van der Waals surface area contributed by atoms with Gasteiger partial charge < -0.3 is 10.1 Å². The molecule has 0 spiro atoms. The quantitative estimate of drug-likeness (QED) is 0.486. The first-order valence-corrected chi connectivity index (χ1v) is 9.91. The number of methoxy groups -OCH3 is 1. The summed E-state index contributed by atoms with van der Waals surface area (Å²) in [7, 11) is 1.61. The SMILES string of the molecule is COc1ccc(-c2cc3nn(CC(=O)Nc4ccc(Br)cc4)c(=O)n3c(C)n2)cc1. The smallest absolute Gasteiger partial charge is 0.352 e. The minimum absolute atomic E-state index is 0.201. The zero-order valence-corrected chi connectivity index (χ0v) is 17.9. The first-order valence-electron chi connectivity index (χ1n) is 9.11. The molecule has 0 saturated heterocycles. The maximum Gasteiger partial charge on any atom is 0.352 e. The Labute approximate surface area is 180 Å². The van der Waals surface area contributed by atoms with Gasteiger partial charge in [0, 0.05) is 21.8 Å². The van der Waals surface area contributed by atoms with Gasteiger partial charge in [-0.3, -0.25) is 4.79 Å². The van der Waals surface area contributed by atoms with Gasteiger partial charge in [-0.15, -0.1) is 5.10 Å². The number of benzene rings is 2. The van der Waals surface area contributed by atoms with Crippen LogP contribution >= 0.6 is 15.9 Å². The molecule has 0 aliphatic heterocycles. The average molecular weight is 468 g/mol. The van der Waals surface area contributed by atoms with Crippen LogP contribution in [0.15, 0.2) is 63.9 Å². The molecule has 0 bridgehead atoms. The molecule has 152 valence electrons. The normalized spacial score (nSPS) is 10.9. The van der Waals surface area contributed by atoms with E-state index < -0.39 is 5.69 Å². The summed E-state index contributed by atoms with van der Waals surface area (Å²) in [4.78, 5) is 29.6. The number of amides is 1. The van der Waals surface area contributed by atoms with Crippen LogP contribution in [-0.2, 0) is 11.3 Å². The van der Waals surface area contributed by atoms with Crippen LogP contribution < -0.4 is 15.7 Å². The van der Waals surface area contributed by atoms with E-state index in [9.17, 15) is 9.59 Å². The first-order chi connectivity index (χ1) is 14.4. The number of rotatable bonds is 5. The lowest BCUT2D eigenvalue weighted by atomic mass is 10.1. The topological polar surface area (TPSA) is 90.5 Å². The van der Waals surface area contributed by atoms with Gasteiger partial charge in [-0.05, 0) is 55.5 Å². The Bertz CT molecular complexity index is 1280. The minimum Gasteiger partial charge on any atom is -0.497 e.